The maximum Gasteiger partial charge on any atom is 0.223 e. The van der Waals surface area contributed by atoms with Gasteiger partial charge in [0.05, 0.1) is 12.7 Å². The van der Waals surface area contributed by atoms with E-state index in [1.165, 1.54) is 0 Å². The van der Waals surface area contributed by atoms with Gasteiger partial charge in [0, 0.05) is 44.2 Å². The first-order chi connectivity index (χ1) is 11.2. The Labute approximate surface area is 142 Å². The minimum Gasteiger partial charge on any atom is -0.385 e. The molecule has 2 aliphatic rings. The van der Waals surface area contributed by atoms with Crippen molar-refractivity contribution in [2.75, 3.05) is 33.4 Å². The van der Waals surface area contributed by atoms with Crippen LogP contribution in [0.4, 0.5) is 0 Å². The van der Waals surface area contributed by atoms with Crippen molar-refractivity contribution < 1.29 is 14.3 Å². The fourth-order valence-electron chi connectivity index (χ4n) is 3.63. The summed E-state index contributed by atoms with van der Waals surface area (Å²) in [6, 6.07) is 7.71. The number of halogens is 1. The number of carbonyl (C=O) groups excluding carboxylic acids is 1. The molecule has 2 heterocycles. The summed E-state index contributed by atoms with van der Waals surface area (Å²) in [6.07, 6.45) is 2.54. The molecule has 0 saturated carbocycles. The van der Waals surface area contributed by atoms with Crippen LogP contribution in [0.5, 0.6) is 0 Å². The Morgan fingerprint density at radius 2 is 2.13 bits per heavy atom. The highest BCUT2D eigenvalue weighted by Gasteiger charge is 2.44. The summed E-state index contributed by atoms with van der Waals surface area (Å²) in [5, 5.41) is 0.728. The lowest BCUT2D eigenvalue weighted by atomic mass is 9.91. The number of rotatable bonds is 6. The molecule has 0 aliphatic carbocycles. The van der Waals surface area contributed by atoms with Crippen LogP contribution in [0.2, 0.25) is 5.02 Å². The molecule has 4 nitrogen and oxygen atoms in total. The number of methoxy groups -OCH3 is 1. The molecule has 0 spiro atoms. The predicted octanol–water partition coefficient (Wildman–Crippen LogP) is 2.78. The molecule has 1 aromatic rings. The molecule has 0 radical (unpaired) electrons. The average molecular weight is 338 g/mol. The van der Waals surface area contributed by atoms with Gasteiger partial charge in [0.25, 0.3) is 0 Å². The summed E-state index contributed by atoms with van der Waals surface area (Å²) in [6.45, 7) is 3.15. The van der Waals surface area contributed by atoms with Gasteiger partial charge in [-0.25, -0.2) is 0 Å². The van der Waals surface area contributed by atoms with Crippen LogP contribution in [0.3, 0.4) is 0 Å². The van der Waals surface area contributed by atoms with Crippen LogP contribution < -0.4 is 0 Å². The van der Waals surface area contributed by atoms with Crippen molar-refractivity contribution >= 4 is 17.5 Å². The summed E-state index contributed by atoms with van der Waals surface area (Å²) in [5.41, 5.74) is 1.15. The van der Waals surface area contributed by atoms with Crippen LogP contribution in [0, 0.1) is 11.8 Å². The quantitative estimate of drug-likeness (QED) is 0.801. The smallest absolute Gasteiger partial charge is 0.223 e. The first kappa shape index (κ1) is 16.7. The molecule has 2 fully saturated rings. The standard InChI is InChI=1S/C18H24ClNO3/c1-22-9-8-14-12-23-17-11-20(10-16(14)17)18(21)7-4-13-2-5-15(19)6-3-13/h2-3,5-6,14,16-17H,4,7-12H2,1H3/t14-,16-,17-/m0/s1. The van der Waals surface area contributed by atoms with E-state index in [-0.39, 0.29) is 12.0 Å². The molecule has 2 aliphatic heterocycles. The van der Waals surface area contributed by atoms with Crippen molar-refractivity contribution in [1.82, 2.24) is 4.90 Å². The molecule has 3 rings (SSSR count). The second kappa shape index (κ2) is 7.65. The SMILES string of the molecule is COCC[C@H]1CO[C@H]2CN(C(=O)CCc3ccc(Cl)cc3)C[C@@H]12. The number of hydrogen-bond acceptors (Lipinski definition) is 3. The van der Waals surface area contributed by atoms with E-state index in [0.717, 1.165) is 49.7 Å². The number of likely N-dealkylation sites (tertiary alicyclic amines) is 1. The van der Waals surface area contributed by atoms with Crippen molar-refractivity contribution in [3.8, 4) is 0 Å². The summed E-state index contributed by atoms with van der Waals surface area (Å²) in [4.78, 5) is 14.4. The van der Waals surface area contributed by atoms with Gasteiger partial charge in [-0.2, -0.15) is 0 Å². The van der Waals surface area contributed by atoms with E-state index in [4.69, 9.17) is 21.1 Å². The predicted molar refractivity (Wildman–Crippen MR) is 89.6 cm³/mol. The Kier molecular flexibility index (Phi) is 5.57. The van der Waals surface area contributed by atoms with Gasteiger partial charge in [0.1, 0.15) is 0 Å². The first-order valence-electron chi connectivity index (χ1n) is 8.30. The van der Waals surface area contributed by atoms with Crippen molar-refractivity contribution in [1.29, 1.82) is 0 Å². The van der Waals surface area contributed by atoms with Crippen LogP contribution in [-0.2, 0) is 20.7 Å². The molecular formula is C18H24ClNO3. The van der Waals surface area contributed by atoms with Crippen molar-refractivity contribution in [3.63, 3.8) is 0 Å². The van der Waals surface area contributed by atoms with Crippen LogP contribution in [0.15, 0.2) is 24.3 Å². The van der Waals surface area contributed by atoms with Crippen molar-refractivity contribution in [2.45, 2.75) is 25.4 Å². The third-order valence-corrected chi connectivity index (χ3v) is 5.28. The van der Waals surface area contributed by atoms with E-state index in [0.29, 0.717) is 18.3 Å². The Hall–Kier alpha value is -1.10. The minimum atomic E-state index is 0.219. The van der Waals surface area contributed by atoms with Crippen LogP contribution in [-0.4, -0.2) is 50.3 Å². The number of nitrogens with zero attached hydrogens (tertiary/aromatic N) is 1. The Balaban J connectivity index is 1.48. The molecule has 126 valence electrons. The second-order valence-corrected chi connectivity index (χ2v) is 6.94. The zero-order valence-corrected chi connectivity index (χ0v) is 14.3. The van der Waals surface area contributed by atoms with E-state index in [1.54, 1.807) is 7.11 Å². The number of carbonyl (C=O) groups is 1. The zero-order chi connectivity index (χ0) is 16.2. The lowest BCUT2D eigenvalue weighted by molar-refractivity contribution is -0.130. The molecule has 0 bridgehead atoms. The largest absolute Gasteiger partial charge is 0.385 e. The molecule has 5 heteroatoms. The van der Waals surface area contributed by atoms with Gasteiger partial charge < -0.3 is 14.4 Å². The third-order valence-electron chi connectivity index (χ3n) is 5.03. The van der Waals surface area contributed by atoms with E-state index in [1.807, 2.05) is 29.2 Å². The first-order valence-corrected chi connectivity index (χ1v) is 8.68. The fraction of sp³-hybridized carbons (Fsp3) is 0.611. The zero-order valence-electron chi connectivity index (χ0n) is 13.5. The van der Waals surface area contributed by atoms with Gasteiger partial charge in [-0.1, -0.05) is 23.7 Å². The summed E-state index contributed by atoms with van der Waals surface area (Å²) < 4.78 is 11.1. The van der Waals surface area contributed by atoms with E-state index >= 15 is 0 Å². The Morgan fingerprint density at radius 1 is 1.35 bits per heavy atom. The normalized spacial score (nSPS) is 26.5. The minimum absolute atomic E-state index is 0.219. The Bertz CT molecular complexity index is 534. The van der Waals surface area contributed by atoms with E-state index < -0.39 is 0 Å². The highest BCUT2D eigenvalue weighted by molar-refractivity contribution is 6.30. The van der Waals surface area contributed by atoms with Gasteiger partial charge in [0.2, 0.25) is 5.91 Å². The molecule has 0 unspecified atom stereocenters. The van der Waals surface area contributed by atoms with Crippen molar-refractivity contribution in [2.24, 2.45) is 11.8 Å². The van der Waals surface area contributed by atoms with Crippen molar-refractivity contribution in [3.05, 3.63) is 34.9 Å². The molecule has 3 atom stereocenters. The highest BCUT2D eigenvalue weighted by atomic mass is 35.5. The highest BCUT2D eigenvalue weighted by Crippen LogP contribution is 2.35. The number of amides is 1. The summed E-state index contributed by atoms with van der Waals surface area (Å²) in [5.74, 6) is 1.22. The number of benzene rings is 1. The van der Waals surface area contributed by atoms with Crippen LogP contribution in [0.1, 0.15) is 18.4 Å². The van der Waals surface area contributed by atoms with Crippen LogP contribution in [0.25, 0.3) is 0 Å². The fourth-order valence-corrected chi connectivity index (χ4v) is 3.76. The maximum absolute atomic E-state index is 12.5. The number of aryl methyl sites for hydroxylation is 1. The summed E-state index contributed by atoms with van der Waals surface area (Å²) >= 11 is 5.88. The summed E-state index contributed by atoms with van der Waals surface area (Å²) in [7, 11) is 1.73. The van der Waals surface area contributed by atoms with Gasteiger partial charge in [-0.15, -0.1) is 0 Å². The molecule has 23 heavy (non-hydrogen) atoms. The van der Waals surface area contributed by atoms with E-state index in [2.05, 4.69) is 0 Å². The van der Waals surface area contributed by atoms with Gasteiger partial charge in [-0.3, -0.25) is 4.79 Å². The monoisotopic (exact) mass is 337 g/mol. The van der Waals surface area contributed by atoms with Gasteiger partial charge in [0.15, 0.2) is 0 Å². The number of fused-ring (bicyclic) bond motifs is 1. The molecule has 1 aromatic carbocycles. The van der Waals surface area contributed by atoms with E-state index in [9.17, 15) is 4.79 Å². The maximum atomic E-state index is 12.5. The molecule has 1 amide bonds. The second-order valence-electron chi connectivity index (χ2n) is 6.50. The topological polar surface area (TPSA) is 38.8 Å². The number of ether oxygens (including phenoxy) is 2. The number of hydrogen-bond donors (Lipinski definition) is 0. The Morgan fingerprint density at radius 3 is 2.87 bits per heavy atom. The average Bonchev–Trinajstić information content (AvgIpc) is 3.13. The lowest BCUT2D eigenvalue weighted by Gasteiger charge is -2.19. The molecule has 0 aromatic heterocycles. The van der Waals surface area contributed by atoms with Crippen LogP contribution >= 0.6 is 11.6 Å². The molecule has 2 saturated heterocycles. The third kappa shape index (κ3) is 4.06. The lowest BCUT2D eigenvalue weighted by Crippen LogP contribution is -2.31. The molecule has 0 N–H and O–H groups in total. The van der Waals surface area contributed by atoms with Gasteiger partial charge in [-0.05, 0) is 36.5 Å². The molecular weight excluding hydrogens is 314 g/mol. The van der Waals surface area contributed by atoms with Gasteiger partial charge >= 0.3 is 0 Å².